The lowest BCUT2D eigenvalue weighted by Crippen LogP contribution is -2.47. The molecule has 0 radical (unpaired) electrons. The van der Waals surface area contributed by atoms with Gasteiger partial charge in [-0.3, -0.25) is 9.59 Å². The van der Waals surface area contributed by atoms with Gasteiger partial charge in [-0.05, 0) is 25.3 Å². The first-order valence-corrected chi connectivity index (χ1v) is 6.80. The normalized spacial score (nSPS) is 22.6. The largest absolute Gasteiger partial charge is 0.396 e. The predicted molar refractivity (Wildman–Crippen MR) is 76.5 cm³/mol. The number of rotatable bonds is 4. The molecule has 2 rings (SSSR count). The van der Waals surface area contributed by atoms with E-state index in [1.54, 1.807) is 11.0 Å². The van der Waals surface area contributed by atoms with Crippen LogP contribution in [0.2, 0.25) is 0 Å². The van der Waals surface area contributed by atoms with Crippen LogP contribution < -0.4 is 5.56 Å². The number of piperidine rings is 1. The summed E-state index contributed by atoms with van der Waals surface area (Å²) in [6.45, 7) is 4.98. The monoisotopic (exact) mass is 276 g/mol. The second kappa shape index (κ2) is 6.05. The summed E-state index contributed by atoms with van der Waals surface area (Å²) in [5, 5.41) is 9.65. The maximum atomic E-state index is 12.4. The van der Waals surface area contributed by atoms with Crippen molar-refractivity contribution in [3.05, 3.63) is 46.9 Å². The topological polar surface area (TPSA) is 73.4 Å². The number of aromatic amines is 1. The summed E-state index contributed by atoms with van der Waals surface area (Å²) in [6.07, 6.45) is 5.69. The number of nitrogens with one attached hydrogen (secondary N) is 1. The SMILES string of the molecule is C=CC[C@@]1(CO)CCCN(C(=O)c2ccc(=O)[nH]c2)C1. The fraction of sp³-hybridized carbons (Fsp3) is 0.467. The Kier molecular flexibility index (Phi) is 4.39. The summed E-state index contributed by atoms with van der Waals surface area (Å²) in [5.74, 6) is -0.108. The first-order chi connectivity index (χ1) is 9.60. The molecular weight excluding hydrogens is 256 g/mol. The van der Waals surface area contributed by atoms with Gasteiger partial charge < -0.3 is 15.0 Å². The van der Waals surface area contributed by atoms with Gasteiger partial charge in [0.2, 0.25) is 5.56 Å². The molecule has 1 aromatic heterocycles. The minimum Gasteiger partial charge on any atom is -0.396 e. The maximum absolute atomic E-state index is 12.4. The molecule has 1 aliphatic heterocycles. The number of carbonyl (C=O) groups is 1. The summed E-state index contributed by atoms with van der Waals surface area (Å²) in [4.78, 5) is 27.7. The van der Waals surface area contributed by atoms with E-state index in [2.05, 4.69) is 11.6 Å². The second-order valence-corrected chi connectivity index (χ2v) is 5.42. The van der Waals surface area contributed by atoms with Gasteiger partial charge in [-0.15, -0.1) is 6.58 Å². The van der Waals surface area contributed by atoms with Gasteiger partial charge in [0, 0.05) is 30.8 Å². The molecule has 1 amide bonds. The zero-order chi connectivity index (χ0) is 14.6. The molecule has 20 heavy (non-hydrogen) atoms. The average Bonchev–Trinajstić information content (AvgIpc) is 2.48. The van der Waals surface area contributed by atoms with Crippen molar-refractivity contribution in [2.75, 3.05) is 19.7 Å². The fourth-order valence-corrected chi connectivity index (χ4v) is 2.77. The Balaban J connectivity index is 2.15. The number of aliphatic hydroxyl groups excluding tert-OH is 1. The van der Waals surface area contributed by atoms with Gasteiger partial charge in [-0.25, -0.2) is 0 Å². The quantitative estimate of drug-likeness (QED) is 0.811. The molecule has 2 N–H and O–H groups in total. The van der Waals surface area contributed by atoms with E-state index in [0.29, 0.717) is 25.1 Å². The molecule has 2 heterocycles. The van der Waals surface area contributed by atoms with Crippen molar-refractivity contribution in [2.45, 2.75) is 19.3 Å². The molecule has 0 aromatic carbocycles. The minimum atomic E-state index is -0.280. The molecule has 108 valence electrons. The maximum Gasteiger partial charge on any atom is 0.255 e. The van der Waals surface area contributed by atoms with E-state index in [-0.39, 0.29) is 23.5 Å². The van der Waals surface area contributed by atoms with Crippen LogP contribution in [0.25, 0.3) is 0 Å². The molecule has 1 aliphatic rings. The van der Waals surface area contributed by atoms with Gasteiger partial charge in [-0.2, -0.15) is 0 Å². The zero-order valence-electron chi connectivity index (χ0n) is 11.5. The van der Waals surface area contributed by atoms with Crippen molar-refractivity contribution in [1.29, 1.82) is 0 Å². The second-order valence-electron chi connectivity index (χ2n) is 5.42. The molecule has 1 saturated heterocycles. The van der Waals surface area contributed by atoms with E-state index in [4.69, 9.17) is 0 Å². The number of aliphatic hydroxyl groups is 1. The fourth-order valence-electron chi connectivity index (χ4n) is 2.77. The molecule has 0 unspecified atom stereocenters. The lowest BCUT2D eigenvalue weighted by Gasteiger charge is -2.41. The summed E-state index contributed by atoms with van der Waals surface area (Å²) >= 11 is 0. The third-order valence-corrected chi connectivity index (χ3v) is 3.89. The van der Waals surface area contributed by atoms with Crippen LogP contribution in [-0.4, -0.2) is 40.6 Å². The number of nitrogens with zero attached hydrogens (tertiary/aromatic N) is 1. The highest BCUT2D eigenvalue weighted by Gasteiger charge is 2.35. The molecule has 0 spiro atoms. The number of amides is 1. The van der Waals surface area contributed by atoms with Crippen molar-refractivity contribution in [3.8, 4) is 0 Å². The van der Waals surface area contributed by atoms with Crippen LogP contribution in [0, 0.1) is 5.41 Å². The molecule has 5 nitrogen and oxygen atoms in total. The number of aromatic nitrogens is 1. The van der Waals surface area contributed by atoms with Gasteiger partial charge >= 0.3 is 0 Å². The number of pyridine rings is 1. The molecule has 0 aliphatic carbocycles. The van der Waals surface area contributed by atoms with Crippen molar-refractivity contribution in [1.82, 2.24) is 9.88 Å². The van der Waals surface area contributed by atoms with Gasteiger partial charge in [0.05, 0.1) is 12.2 Å². The first kappa shape index (κ1) is 14.5. The molecule has 1 aromatic rings. The standard InChI is InChI=1S/C15H20N2O3/c1-2-6-15(11-18)7-3-8-17(10-15)14(20)12-4-5-13(19)16-9-12/h2,4-5,9,18H,1,3,6-8,10-11H2,(H,16,19)/t15-/m1/s1. The van der Waals surface area contributed by atoms with E-state index >= 15 is 0 Å². The third kappa shape index (κ3) is 2.99. The van der Waals surface area contributed by atoms with Crippen LogP contribution >= 0.6 is 0 Å². The van der Waals surface area contributed by atoms with Crippen molar-refractivity contribution in [3.63, 3.8) is 0 Å². The molecule has 0 saturated carbocycles. The Labute approximate surface area is 117 Å². The van der Waals surface area contributed by atoms with Gasteiger partial charge in [0.15, 0.2) is 0 Å². The van der Waals surface area contributed by atoms with Gasteiger partial charge in [-0.1, -0.05) is 6.08 Å². The van der Waals surface area contributed by atoms with E-state index in [1.807, 2.05) is 0 Å². The van der Waals surface area contributed by atoms with Gasteiger partial charge in [0.25, 0.3) is 5.91 Å². The van der Waals surface area contributed by atoms with Crippen LogP contribution in [0.15, 0.2) is 35.8 Å². The van der Waals surface area contributed by atoms with Gasteiger partial charge in [0.1, 0.15) is 0 Å². The van der Waals surface area contributed by atoms with E-state index in [0.717, 1.165) is 12.8 Å². The number of carbonyl (C=O) groups excluding carboxylic acids is 1. The number of H-pyrrole nitrogens is 1. The first-order valence-electron chi connectivity index (χ1n) is 6.80. The summed E-state index contributed by atoms with van der Waals surface area (Å²) in [7, 11) is 0. The van der Waals surface area contributed by atoms with Crippen LogP contribution in [-0.2, 0) is 0 Å². The summed E-state index contributed by atoms with van der Waals surface area (Å²) in [6, 6.07) is 2.88. The van der Waals surface area contributed by atoms with Crippen LogP contribution in [0.4, 0.5) is 0 Å². The van der Waals surface area contributed by atoms with E-state index in [1.165, 1.54) is 18.3 Å². The lowest BCUT2D eigenvalue weighted by molar-refractivity contribution is 0.0285. The third-order valence-electron chi connectivity index (χ3n) is 3.89. The van der Waals surface area contributed by atoms with Crippen LogP contribution in [0.3, 0.4) is 0 Å². The van der Waals surface area contributed by atoms with Crippen molar-refractivity contribution < 1.29 is 9.90 Å². The highest BCUT2D eigenvalue weighted by atomic mass is 16.3. The smallest absolute Gasteiger partial charge is 0.255 e. The van der Waals surface area contributed by atoms with E-state index < -0.39 is 0 Å². The predicted octanol–water partition coefficient (Wildman–Crippen LogP) is 1.17. The molecule has 0 bridgehead atoms. The lowest BCUT2D eigenvalue weighted by atomic mass is 9.77. The number of likely N-dealkylation sites (tertiary alicyclic amines) is 1. The highest BCUT2D eigenvalue weighted by Crippen LogP contribution is 2.33. The summed E-state index contributed by atoms with van der Waals surface area (Å²) in [5.41, 5.74) is -0.0359. The van der Waals surface area contributed by atoms with Crippen molar-refractivity contribution >= 4 is 5.91 Å². The Morgan fingerprint density at radius 3 is 2.95 bits per heavy atom. The highest BCUT2D eigenvalue weighted by molar-refractivity contribution is 5.93. The molecule has 1 fully saturated rings. The Morgan fingerprint density at radius 2 is 2.35 bits per heavy atom. The minimum absolute atomic E-state index is 0.0500. The van der Waals surface area contributed by atoms with Crippen LogP contribution in [0.1, 0.15) is 29.6 Å². The Hall–Kier alpha value is -1.88. The molecule has 5 heteroatoms. The van der Waals surface area contributed by atoms with E-state index in [9.17, 15) is 14.7 Å². The number of allylic oxidation sites excluding steroid dienone is 1. The number of hydrogen-bond donors (Lipinski definition) is 2. The van der Waals surface area contributed by atoms with Crippen LogP contribution in [0.5, 0.6) is 0 Å². The number of hydrogen-bond acceptors (Lipinski definition) is 3. The zero-order valence-corrected chi connectivity index (χ0v) is 11.5. The summed E-state index contributed by atoms with van der Waals surface area (Å²) < 4.78 is 0. The molecular formula is C15H20N2O3. The Bertz CT molecular complexity index is 532. The average molecular weight is 276 g/mol. The Morgan fingerprint density at radius 1 is 1.55 bits per heavy atom. The van der Waals surface area contributed by atoms with Crippen molar-refractivity contribution in [2.24, 2.45) is 5.41 Å². The molecule has 1 atom stereocenters.